The zero-order valence-electron chi connectivity index (χ0n) is 13.0. The van der Waals surface area contributed by atoms with Gasteiger partial charge in [0.05, 0.1) is 12.0 Å². The first-order valence-electron chi connectivity index (χ1n) is 6.54. The SMILES string of the molecule is COc1ccc2[nH]c(S(=O)[O-])c(S(=O)(=O)c3ccccc3)c2c1.[Li+]. The van der Waals surface area contributed by atoms with Crippen LogP contribution in [-0.4, -0.2) is 29.3 Å². The maximum atomic E-state index is 12.9. The molecule has 0 fully saturated rings. The molecule has 6 nitrogen and oxygen atoms in total. The van der Waals surface area contributed by atoms with E-state index in [0.29, 0.717) is 11.3 Å². The molecule has 0 saturated heterocycles. The van der Waals surface area contributed by atoms with Crippen LogP contribution < -0.4 is 23.6 Å². The molecule has 0 amide bonds. The molecule has 1 unspecified atom stereocenters. The minimum absolute atomic E-state index is 0. The van der Waals surface area contributed by atoms with Gasteiger partial charge in [-0.2, -0.15) is 0 Å². The van der Waals surface area contributed by atoms with Crippen molar-refractivity contribution in [2.45, 2.75) is 14.8 Å². The van der Waals surface area contributed by atoms with Gasteiger partial charge in [0.1, 0.15) is 15.7 Å². The van der Waals surface area contributed by atoms with Crippen LogP contribution in [0.3, 0.4) is 0 Å². The first-order chi connectivity index (χ1) is 10.9. The predicted molar refractivity (Wildman–Crippen MR) is 83.9 cm³/mol. The second kappa shape index (κ2) is 7.13. The Balaban J connectivity index is 0.00000208. The van der Waals surface area contributed by atoms with E-state index in [0.717, 1.165) is 0 Å². The zero-order chi connectivity index (χ0) is 16.6. The molecule has 1 N–H and O–H groups in total. The first-order valence-corrected chi connectivity index (χ1v) is 9.10. The molecular weight excluding hydrogens is 345 g/mol. The van der Waals surface area contributed by atoms with Crippen molar-refractivity contribution >= 4 is 31.8 Å². The Labute approximate surface area is 153 Å². The summed E-state index contributed by atoms with van der Waals surface area (Å²) in [5, 5.41) is -0.0930. The van der Waals surface area contributed by atoms with Gasteiger partial charge in [-0.3, -0.25) is 4.21 Å². The summed E-state index contributed by atoms with van der Waals surface area (Å²) in [6.45, 7) is 0. The van der Waals surface area contributed by atoms with Crippen molar-refractivity contribution < 1.29 is 40.8 Å². The second-order valence-electron chi connectivity index (χ2n) is 4.75. The van der Waals surface area contributed by atoms with Gasteiger partial charge in [0.15, 0.2) is 0 Å². The monoisotopic (exact) mass is 357 g/mol. The summed E-state index contributed by atoms with van der Waals surface area (Å²) < 4.78 is 53.9. The van der Waals surface area contributed by atoms with Crippen LogP contribution in [0.2, 0.25) is 0 Å². The average Bonchev–Trinajstić information content (AvgIpc) is 2.95. The average molecular weight is 357 g/mol. The van der Waals surface area contributed by atoms with Crippen LogP contribution in [0.1, 0.15) is 0 Å². The van der Waals surface area contributed by atoms with Gasteiger partial charge in [-0.25, -0.2) is 8.42 Å². The third-order valence-electron chi connectivity index (χ3n) is 3.41. The summed E-state index contributed by atoms with van der Waals surface area (Å²) in [6.07, 6.45) is 0. The molecule has 24 heavy (non-hydrogen) atoms. The van der Waals surface area contributed by atoms with Crippen LogP contribution in [0, 0.1) is 0 Å². The van der Waals surface area contributed by atoms with Crippen LogP contribution in [0.5, 0.6) is 5.75 Å². The van der Waals surface area contributed by atoms with E-state index < -0.39 is 20.9 Å². The van der Waals surface area contributed by atoms with E-state index in [4.69, 9.17) is 4.74 Å². The van der Waals surface area contributed by atoms with Crippen LogP contribution in [-0.2, 0) is 20.9 Å². The maximum absolute atomic E-state index is 12.9. The molecule has 1 aromatic heterocycles. The van der Waals surface area contributed by atoms with Gasteiger partial charge in [0, 0.05) is 10.9 Å². The number of rotatable bonds is 4. The number of ether oxygens (including phenoxy) is 1. The predicted octanol–water partition coefficient (Wildman–Crippen LogP) is -0.749. The van der Waals surface area contributed by atoms with E-state index in [1.165, 1.54) is 25.3 Å². The molecule has 0 aliphatic rings. The van der Waals surface area contributed by atoms with E-state index in [-0.39, 0.29) is 39.1 Å². The Morgan fingerprint density at radius 2 is 1.79 bits per heavy atom. The third-order valence-corrected chi connectivity index (χ3v) is 6.04. The van der Waals surface area contributed by atoms with Crippen molar-refractivity contribution in [3.63, 3.8) is 0 Å². The topological polar surface area (TPSA) is 99.3 Å². The summed E-state index contributed by atoms with van der Waals surface area (Å²) in [5.41, 5.74) is 0.402. The Hall–Kier alpha value is -1.56. The second-order valence-corrected chi connectivity index (χ2v) is 7.51. The fourth-order valence-corrected chi connectivity index (χ4v) is 4.84. The van der Waals surface area contributed by atoms with Crippen LogP contribution in [0.25, 0.3) is 10.9 Å². The first kappa shape index (κ1) is 18.8. The molecule has 0 saturated carbocycles. The van der Waals surface area contributed by atoms with Crippen molar-refractivity contribution in [2.75, 3.05) is 7.11 Å². The largest absolute Gasteiger partial charge is 1.00 e. The number of hydrogen-bond donors (Lipinski definition) is 1. The van der Waals surface area contributed by atoms with Crippen molar-refractivity contribution in [1.82, 2.24) is 4.98 Å². The number of sulfone groups is 1. The summed E-state index contributed by atoms with van der Waals surface area (Å²) >= 11 is -2.73. The minimum Gasteiger partial charge on any atom is -0.767 e. The maximum Gasteiger partial charge on any atom is 1.00 e. The summed E-state index contributed by atoms with van der Waals surface area (Å²) in [6, 6.07) is 12.4. The molecule has 1 heterocycles. The number of aromatic nitrogens is 1. The third kappa shape index (κ3) is 3.16. The molecule has 0 radical (unpaired) electrons. The van der Waals surface area contributed by atoms with Gasteiger partial charge >= 0.3 is 18.9 Å². The molecule has 120 valence electrons. The molecular formula is C15H12LiNO5S2. The van der Waals surface area contributed by atoms with Gasteiger partial charge in [-0.05, 0) is 41.4 Å². The standard InChI is InChI=1S/C15H13NO5S2.Li/c1-21-10-7-8-13-12(9-10)14(15(16-13)22(17)18)23(19,20)11-5-3-2-4-6-11;/h2-9,16H,1H3,(H,17,18);/q;+1/p-1. The van der Waals surface area contributed by atoms with Crippen LogP contribution in [0.4, 0.5) is 0 Å². The minimum atomic E-state index is -4.00. The van der Waals surface area contributed by atoms with E-state index in [1.54, 1.807) is 30.3 Å². The molecule has 0 aliphatic carbocycles. The molecule has 1 atom stereocenters. The number of benzene rings is 2. The molecule has 2 aromatic carbocycles. The fourth-order valence-electron chi connectivity index (χ4n) is 2.35. The zero-order valence-corrected chi connectivity index (χ0v) is 14.6. The van der Waals surface area contributed by atoms with Gasteiger partial charge in [-0.1, -0.05) is 18.2 Å². The Kier molecular flexibility index (Phi) is 5.58. The molecule has 0 bridgehead atoms. The number of H-pyrrole nitrogens is 1. The van der Waals surface area contributed by atoms with Gasteiger partial charge in [0.2, 0.25) is 9.84 Å². The Morgan fingerprint density at radius 3 is 2.38 bits per heavy atom. The van der Waals surface area contributed by atoms with Crippen molar-refractivity contribution in [3.05, 3.63) is 48.5 Å². The van der Waals surface area contributed by atoms with Crippen LogP contribution in [0.15, 0.2) is 63.3 Å². The Morgan fingerprint density at radius 1 is 1.12 bits per heavy atom. The van der Waals surface area contributed by atoms with Gasteiger partial charge < -0.3 is 14.3 Å². The summed E-state index contributed by atoms with van der Waals surface area (Å²) in [4.78, 5) is 2.39. The van der Waals surface area contributed by atoms with E-state index in [1.807, 2.05) is 0 Å². The number of nitrogens with one attached hydrogen (secondary N) is 1. The van der Waals surface area contributed by atoms with E-state index in [9.17, 15) is 17.2 Å². The summed E-state index contributed by atoms with van der Waals surface area (Å²) in [5.74, 6) is 0.434. The van der Waals surface area contributed by atoms with Crippen molar-refractivity contribution in [3.8, 4) is 5.75 Å². The number of hydrogen-bond acceptors (Lipinski definition) is 5. The van der Waals surface area contributed by atoms with Crippen molar-refractivity contribution in [1.29, 1.82) is 0 Å². The van der Waals surface area contributed by atoms with E-state index >= 15 is 0 Å². The Bertz CT molecular complexity index is 999. The number of fused-ring (bicyclic) bond motifs is 1. The quantitative estimate of drug-likeness (QED) is 0.489. The van der Waals surface area contributed by atoms with Crippen LogP contribution >= 0.6 is 0 Å². The normalized spacial score (nSPS) is 12.6. The smallest absolute Gasteiger partial charge is 0.767 e. The summed E-state index contributed by atoms with van der Waals surface area (Å²) in [7, 11) is -2.55. The van der Waals surface area contributed by atoms with Gasteiger partial charge in [-0.15, -0.1) is 0 Å². The number of methoxy groups -OCH3 is 1. The van der Waals surface area contributed by atoms with E-state index in [2.05, 4.69) is 4.98 Å². The number of aromatic amines is 1. The van der Waals surface area contributed by atoms with Gasteiger partial charge in [0.25, 0.3) is 0 Å². The molecule has 9 heteroatoms. The molecule has 0 spiro atoms. The molecule has 3 rings (SSSR count). The fraction of sp³-hybridized carbons (Fsp3) is 0.0667. The molecule has 0 aliphatic heterocycles. The molecule has 3 aromatic rings. The van der Waals surface area contributed by atoms with Crippen molar-refractivity contribution in [2.24, 2.45) is 0 Å².